The molecule has 0 aliphatic carbocycles. The summed E-state index contributed by atoms with van der Waals surface area (Å²) in [5, 5.41) is 16.7. The Labute approximate surface area is 184 Å². The molecule has 3 rings (SSSR count). The molecule has 1 heterocycles. The lowest BCUT2D eigenvalue weighted by Crippen LogP contribution is -2.44. The Kier molecular flexibility index (Phi) is 8.82. The van der Waals surface area contributed by atoms with Crippen molar-refractivity contribution in [1.29, 1.82) is 0 Å². The highest BCUT2D eigenvalue weighted by Crippen LogP contribution is 2.17. The first-order valence-electron chi connectivity index (χ1n) is 10.9. The molecular weight excluding hydrogens is 390 g/mol. The van der Waals surface area contributed by atoms with E-state index in [-0.39, 0.29) is 5.91 Å². The van der Waals surface area contributed by atoms with E-state index in [1.165, 1.54) is 0 Å². The molecule has 2 aromatic carbocycles. The van der Waals surface area contributed by atoms with Gasteiger partial charge in [-0.05, 0) is 43.0 Å². The van der Waals surface area contributed by atoms with Crippen LogP contribution >= 0.6 is 0 Å². The van der Waals surface area contributed by atoms with Crippen LogP contribution in [0.3, 0.4) is 0 Å². The Morgan fingerprint density at radius 3 is 2.35 bits per heavy atom. The number of hydrogen-bond acceptors (Lipinski definition) is 4. The molecule has 3 N–H and O–H groups in total. The van der Waals surface area contributed by atoms with Crippen molar-refractivity contribution in [2.45, 2.75) is 31.4 Å². The third-order valence-corrected chi connectivity index (χ3v) is 5.40. The van der Waals surface area contributed by atoms with Gasteiger partial charge in [-0.25, -0.2) is 0 Å². The zero-order valence-corrected chi connectivity index (χ0v) is 17.7. The fourth-order valence-corrected chi connectivity index (χ4v) is 3.66. The molecule has 2 aromatic rings. The van der Waals surface area contributed by atoms with Gasteiger partial charge in [-0.2, -0.15) is 0 Å². The fourth-order valence-electron chi connectivity index (χ4n) is 3.66. The number of nitrogens with zero attached hydrogens (tertiary/aromatic N) is 1. The Bertz CT molecular complexity index is 855. The third-order valence-electron chi connectivity index (χ3n) is 5.40. The van der Waals surface area contributed by atoms with Crippen LogP contribution in [0.5, 0.6) is 0 Å². The maximum Gasteiger partial charge on any atom is 0.250 e. The molecule has 1 saturated heterocycles. The van der Waals surface area contributed by atoms with Crippen LogP contribution in [0.15, 0.2) is 66.7 Å². The van der Waals surface area contributed by atoms with E-state index in [1.807, 2.05) is 71.6 Å². The molecule has 1 fully saturated rings. The number of rotatable bonds is 3. The maximum atomic E-state index is 12.7. The normalized spacial score (nSPS) is 21.6. The van der Waals surface area contributed by atoms with Crippen molar-refractivity contribution in [3.8, 4) is 0 Å². The summed E-state index contributed by atoms with van der Waals surface area (Å²) in [7, 11) is 0. The van der Waals surface area contributed by atoms with Gasteiger partial charge < -0.3 is 20.6 Å². The van der Waals surface area contributed by atoms with Crippen LogP contribution in [-0.2, 0) is 9.59 Å². The molecule has 6 nitrogen and oxygen atoms in total. The molecular formula is C25H31N3O3. The van der Waals surface area contributed by atoms with Crippen molar-refractivity contribution in [3.05, 3.63) is 77.9 Å². The number of carbonyl (C=O) groups is 2. The van der Waals surface area contributed by atoms with E-state index < -0.39 is 18.1 Å². The second-order valence-corrected chi connectivity index (χ2v) is 7.71. The van der Waals surface area contributed by atoms with Gasteiger partial charge in [-0.15, -0.1) is 0 Å². The van der Waals surface area contributed by atoms with Gasteiger partial charge in [0.2, 0.25) is 5.91 Å². The van der Waals surface area contributed by atoms with Crippen molar-refractivity contribution in [2.24, 2.45) is 0 Å². The van der Waals surface area contributed by atoms with Gasteiger partial charge in [0.15, 0.2) is 6.10 Å². The number of amides is 2. The average Bonchev–Trinajstić information content (AvgIpc) is 2.82. The predicted octanol–water partition coefficient (Wildman–Crippen LogP) is 2.52. The number of carbonyl (C=O) groups excluding carboxylic acids is 2. The van der Waals surface area contributed by atoms with Gasteiger partial charge >= 0.3 is 0 Å². The van der Waals surface area contributed by atoms with Crippen LogP contribution in [0.4, 0.5) is 0 Å². The molecule has 164 valence electrons. The summed E-state index contributed by atoms with van der Waals surface area (Å²) in [4.78, 5) is 27.0. The molecule has 1 aliphatic rings. The predicted molar refractivity (Wildman–Crippen MR) is 122 cm³/mol. The zero-order valence-electron chi connectivity index (χ0n) is 17.7. The largest absolute Gasteiger partial charge is 0.381 e. The van der Waals surface area contributed by atoms with Crippen LogP contribution in [0.2, 0.25) is 0 Å². The Hall–Kier alpha value is -2.96. The molecule has 2 amide bonds. The van der Waals surface area contributed by atoms with E-state index in [0.717, 1.165) is 24.0 Å². The number of nitrogens with one attached hydrogen (secondary N) is 2. The summed E-state index contributed by atoms with van der Waals surface area (Å²) < 4.78 is 0. The molecule has 2 atom stereocenters. The minimum absolute atomic E-state index is 0.0276. The Morgan fingerprint density at radius 2 is 1.61 bits per heavy atom. The molecule has 0 bridgehead atoms. The van der Waals surface area contributed by atoms with Crippen molar-refractivity contribution in [1.82, 2.24) is 15.5 Å². The summed E-state index contributed by atoms with van der Waals surface area (Å²) in [5.74, 6) is -0.428. The quantitative estimate of drug-likeness (QED) is 0.666. The lowest BCUT2D eigenvalue weighted by molar-refractivity contribution is -0.130. The van der Waals surface area contributed by atoms with Crippen molar-refractivity contribution in [2.75, 3.05) is 26.2 Å². The topological polar surface area (TPSA) is 81.7 Å². The first kappa shape index (κ1) is 22.7. The van der Waals surface area contributed by atoms with E-state index in [1.54, 1.807) is 6.08 Å². The van der Waals surface area contributed by atoms with Gasteiger partial charge in [0.1, 0.15) is 0 Å². The molecule has 1 aliphatic heterocycles. The van der Waals surface area contributed by atoms with Crippen LogP contribution in [0.25, 0.3) is 6.08 Å². The number of aliphatic hydroxyl groups excluding tert-OH is 1. The van der Waals surface area contributed by atoms with E-state index in [4.69, 9.17) is 0 Å². The minimum Gasteiger partial charge on any atom is -0.381 e. The molecule has 0 spiro atoms. The second kappa shape index (κ2) is 12.0. The lowest BCUT2D eigenvalue weighted by Gasteiger charge is -2.24. The Morgan fingerprint density at radius 1 is 0.935 bits per heavy atom. The molecule has 0 unspecified atom stereocenters. The van der Waals surface area contributed by atoms with E-state index >= 15 is 0 Å². The van der Waals surface area contributed by atoms with Crippen LogP contribution in [0, 0.1) is 0 Å². The van der Waals surface area contributed by atoms with Crippen molar-refractivity contribution >= 4 is 17.9 Å². The van der Waals surface area contributed by atoms with Gasteiger partial charge in [0.05, 0.1) is 6.04 Å². The first-order chi connectivity index (χ1) is 15.1. The first-order valence-corrected chi connectivity index (χ1v) is 10.9. The van der Waals surface area contributed by atoms with E-state index in [9.17, 15) is 14.7 Å². The lowest BCUT2D eigenvalue weighted by atomic mass is 10.0. The summed E-state index contributed by atoms with van der Waals surface area (Å²) >= 11 is 0. The van der Waals surface area contributed by atoms with Crippen LogP contribution < -0.4 is 10.6 Å². The Balaban J connectivity index is 1.62. The standard InChI is InChI=1S/C25H31N3O3/c29-22(15-14-20-10-3-1-4-11-20)28-18-8-7-16-26-23(21-12-5-2-6-13-21)24(30)25(31)27-17-9-19-28/h1-6,10-15,23-24,26,30H,7-9,16-19H2,(H,27,31)/b15-14+/t23-,24+/m1/s1. The maximum absolute atomic E-state index is 12.7. The number of hydrogen-bond donors (Lipinski definition) is 3. The second-order valence-electron chi connectivity index (χ2n) is 7.71. The van der Waals surface area contributed by atoms with Gasteiger partial charge in [0.25, 0.3) is 5.91 Å². The summed E-state index contributed by atoms with van der Waals surface area (Å²) in [5.41, 5.74) is 1.86. The highest BCUT2D eigenvalue weighted by molar-refractivity contribution is 5.91. The van der Waals surface area contributed by atoms with E-state index in [0.29, 0.717) is 32.6 Å². The van der Waals surface area contributed by atoms with Gasteiger partial charge in [-0.3, -0.25) is 9.59 Å². The molecule has 31 heavy (non-hydrogen) atoms. The number of benzene rings is 2. The van der Waals surface area contributed by atoms with Crippen molar-refractivity contribution in [3.63, 3.8) is 0 Å². The highest BCUT2D eigenvalue weighted by Gasteiger charge is 2.27. The van der Waals surface area contributed by atoms with Crippen LogP contribution in [-0.4, -0.2) is 54.1 Å². The van der Waals surface area contributed by atoms with Gasteiger partial charge in [0, 0.05) is 25.7 Å². The molecule has 6 heteroatoms. The third kappa shape index (κ3) is 7.05. The molecule has 0 radical (unpaired) electrons. The smallest absolute Gasteiger partial charge is 0.250 e. The SMILES string of the molecule is O=C1NCCCN(C(=O)/C=C/c2ccccc2)CCCCN[C@H](c2ccccc2)[C@@H]1O. The molecule has 0 saturated carbocycles. The summed E-state index contributed by atoms with van der Waals surface area (Å²) in [6.07, 6.45) is 4.58. The van der Waals surface area contributed by atoms with Crippen molar-refractivity contribution < 1.29 is 14.7 Å². The van der Waals surface area contributed by atoms with E-state index in [2.05, 4.69) is 10.6 Å². The highest BCUT2D eigenvalue weighted by atomic mass is 16.3. The fraction of sp³-hybridized carbons (Fsp3) is 0.360. The monoisotopic (exact) mass is 421 g/mol. The van der Waals surface area contributed by atoms with Gasteiger partial charge in [-0.1, -0.05) is 60.7 Å². The summed E-state index contributed by atoms with van der Waals surface area (Å²) in [6.45, 7) is 2.27. The minimum atomic E-state index is -1.17. The summed E-state index contributed by atoms with van der Waals surface area (Å²) in [6, 6.07) is 18.8. The average molecular weight is 422 g/mol. The van der Waals surface area contributed by atoms with Crippen LogP contribution in [0.1, 0.15) is 36.4 Å². The zero-order chi connectivity index (χ0) is 21.9. The molecule has 0 aromatic heterocycles. The number of aliphatic hydroxyl groups is 1.